The van der Waals surface area contributed by atoms with Gasteiger partial charge in [-0.25, -0.2) is 4.79 Å². The van der Waals surface area contributed by atoms with Gasteiger partial charge >= 0.3 is 5.97 Å². The number of ether oxygens (including phenoxy) is 1. The number of fused-ring (bicyclic) bond motifs is 1. The standard InChI is InChI=1S/C21H29N3O2S/c1-13(14-8-6-5-7-9-14)24-11-10-15-17(20(25)26-21(2,3)4)19(23)27-18(15)16(24)12-22/h5-9,13,16H,10-12,22-23H2,1-4H3/t13-,16+/m0/s1. The summed E-state index contributed by atoms with van der Waals surface area (Å²) in [4.78, 5) is 16.2. The zero-order chi connectivity index (χ0) is 19.8. The van der Waals surface area contributed by atoms with Crippen LogP contribution in [0.4, 0.5) is 5.00 Å². The van der Waals surface area contributed by atoms with Gasteiger partial charge in [0.15, 0.2) is 0 Å². The van der Waals surface area contributed by atoms with Gasteiger partial charge in [0.1, 0.15) is 10.6 Å². The molecule has 0 bridgehead atoms. The van der Waals surface area contributed by atoms with Gasteiger partial charge in [-0.1, -0.05) is 30.3 Å². The molecule has 0 saturated carbocycles. The van der Waals surface area contributed by atoms with Crippen molar-refractivity contribution in [3.8, 4) is 0 Å². The molecule has 4 N–H and O–H groups in total. The van der Waals surface area contributed by atoms with Gasteiger partial charge in [0.05, 0.1) is 11.6 Å². The number of nitrogen functional groups attached to an aromatic ring is 1. The Morgan fingerprint density at radius 2 is 2.00 bits per heavy atom. The summed E-state index contributed by atoms with van der Waals surface area (Å²) >= 11 is 1.48. The van der Waals surface area contributed by atoms with Crippen LogP contribution in [-0.2, 0) is 11.2 Å². The van der Waals surface area contributed by atoms with Gasteiger partial charge in [-0.05, 0) is 45.2 Å². The highest BCUT2D eigenvalue weighted by Gasteiger charge is 2.36. The van der Waals surface area contributed by atoms with Crippen LogP contribution in [0.25, 0.3) is 0 Å². The van der Waals surface area contributed by atoms with Crippen molar-refractivity contribution in [1.82, 2.24) is 4.90 Å². The molecule has 0 amide bonds. The largest absolute Gasteiger partial charge is 0.456 e. The Morgan fingerprint density at radius 1 is 1.33 bits per heavy atom. The summed E-state index contributed by atoms with van der Waals surface area (Å²) in [5.74, 6) is -0.335. The van der Waals surface area contributed by atoms with Crippen LogP contribution in [0.1, 0.15) is 66.1 Å². The molecule has 3 rings (SSSR count). The molecule has 0 fully saturated rings. The summed E-state index contributed by atoms with van der Waals surface area (Å²) < 4.78 is 5.58. The van der Waals surface area contributed by atoms with Crippen molar-refractivity contribution in [1.29, 1.82) is 0 Å². The number of anilines is 1. The van der Waals surface area contributed by atoms with Gasteiger partial charge in [0.25, 0.3) is 0 Å². The first kappa shape index (κ1) is 19.9. The van der Waals surface area contributed by atoms with Gasteiger partial charge < -0.3 is 16.2 Å². The Kier molecular flexibility index (Phi) is 5.60. The quantitative estimate of drug-likeness (QED) is 0.778. The van der Waals surface area contributed by atoms with Crippen molar-refractivity contribution < 1.29 is 9.53 Å². The molecular weight excluding hydrogens is 358 g/mol. The molecule has 1 aromatic heterocycles. The van der Waals surface area contributed by atoms with Crippen LogP contribution in [0.2, 0.25) is 0 Å². The third kappa shape index (κ3) is 4.03. The molecule has 0 spiro atoms. The second-order valence-electron chi connectivity index (χ2n) is 8.01. The SMILES string of the molecule is C[C@@H](c1ccccc1)N1CCc2c(sc(N)c2C(=O)OC(C)(C)C)[C@H]1CN. The number of carbonyl (C=O) groups is 1. The number of nitrogens with zero attached hydrogens (tertiary/aromatic N) is 1. The highest BCUT2D eigenvalue weighted by Crippen LogP contribution is 2.44. The predicted octanol–water partition coefficient (Wildman–Crippen LogP) is 3.90. The average molecular weight is 388 g/mol. The van der Waals surface area contributed by atoms with Gasteiger partial charge in [0, 0.05) is 24.0 Å². The van der Waals surface area contributed by atoms with Crippen LogP contribution in [0.5, 0.6) is 0 Å². The number of thiophene rings is 1. The molecule has 1 aliphatic heterocycles. The molecule has 0 saturated heterocycles. The van der Waals surface area contributed by atoms with Crippen molar-refractivity contribution in [3.63, 3.8) is 0 Å². The first-order valence-electron chi connectivity index (χ1n) is 9.38. The summed E-state index contributed by atoms with van der Waals surface area (Å²) in [5.41, 5.74) is 14.7. The van der Waals surface area contributed by atoms with E-state index < -0.39 is 5.60 Å². The first-order valence-corrected chi connectivity index (χ1v) is 10.2. The molecule has 2 heterocycles. The van der Waals surface area contributed by atoms with E-state index in [-0.39, 0.29) is 18.1 Å². The minimum atomic E-state index is -0.547. The van der Waals surface area contributed by atoms with E-state index in [9.17, 15) is 4.79 Å². The molecule has 0 unspecified atom stereocenters. The number of rotatable bonds is 4. The fourth-order valence-corrected chi connectivity index (χ4v) is 4.99. The lowest BCUT2D eigenvalue weighted by Gasteiger charge is -2.39. The molecule has 27 heavy (non-hydrogen) atoms. The second-order valence-corrected chi connectivity index (χ2v) is 9.10. The van der Waals surface area contributed by atoms with Gasteiger partial charge in [-0.3, -0.25) is 4.90 Å². The van der Waals surface area contributed by atoms with E-state index >= 15 is 0 Å². The summed E-state index contributed by atoms with van der Waals surface area (Å²) in [5, 5.41) is 0.530. The van der Waals surface area contributed by atoms with Crippen molar-refractivity contribution >= 4 is 22.3 Å². The maximum atomic E-state index is 12.7. The fraction of sp³-hybridized carbons (Fsp3) is 0.476. The van der Waals surface area contributed by atoms with E-state index in [1.807, 2.05) is 26.8 Å². The molecule has 6 heteroatoms. The molecular formula is C21H29N3O2S. The molecule has 5 nitrogen and oxygen atoms in total. The minimum absolute atomic E-state index is 0.0486. The number of hydrogen-bond donors (Lipinski definition) is 2. The molecule has 0 radical (unpaired) electrons. The van der Waals surface area contributed by atoms with Crippen LogP contribution >= 0.6 is 11.3 Å². The fourth-order valence-electron chi connectivity index (χ4n) is 3.75. The first-order chi connectivity index (χ1) is 12.7. The average Bonchev–Trinajstić information content (AvgIpc) is 2.95. The summed E-state index contributed by atoms with van der Waals surface area (Å²) in [6, 6.07) is 10.7. The van der Waals surface area contributed by atoms with Crippen LogP contribution in [0.3, 0.4) is 0 Å². The molecule has 2 aromatic rings. The number of esters is 1. The zero-order valence-electron chi connectivity index (χ0n) is 16.5. The molecule has 1 aliphatic rings. The van der Waals surface area contributed by atoms with E-state index in [0.717, 1.165) is 23.4 Å². The van der Waals surface area contributed by atoms with Gasteiger partial charge in [-0.2, -0.15) is 0 Å². The Labute approximate surface area is 165 Å². The highest BCUT2D eigenvalue weighted by molar-refractivity contribution is 7.16. The van der Waals surface area contributed by atoms with E-state index in [4.69, 9.17) is 16.2 Å². The topological polar surface area (TPSA) is 81.6 Å². The Morgan fingerprint density at radius 3 is 2.59 bits per heavy atom. The summed E-state index contributed by atoms with van der Waals surface area (Å²) in [6.07, 6.45) is 0.769. The molecule has 1 aromatic carbocycles. The van der Waals surface area contributed by atoms with Crippen molar-refractivity contribution in [2.75, 3.05) is 18.8 Å². The lowest BCUT2D eigenvalue weighted by molar-refractivity contribution is 0.00691. The lowest BCUT2D eigenvalue weighted by atomic mass is 9.94. The minimum Gasteiger partial charge on any atom is -0.456 e. The normalized spacial score (nSPS) is 18.8. The third-order valence-electron chi connectivity index (χ3n) is 4.99. The summed E-state index contributed by atoms with van der Waals surface area (Å²) in [7, 11) is 0. The van der Waals surface area contributed by atoms with E-state index in [1.165, 1.54) is 16.9 Å². The Bertz CT molecular complexity index is 811. The van der Waals surface area contributed by atoms with Crippen LogP contribution < -0.4 is 11.5 Å². The molecule has 146 valence electrons. The van der Waals surface area contributed by atoms with Crippen LogP contribution in [0, 0.1) is 0 Å². The van der Waals surface area contributed by atoms with E-state index in [1.54, 1.807) is 0 Å². The predicted molar refractivity (Wildman–Crippen MR) is 111 cm³/mol. The maximum Gasteiger partial charge on any atom is 0.341 e. The lowest BCUT2D eigenvalue weighted by Crippen LogP contribution is -2.40. The van der Waals surface area contributed by atoms with Crippen molar-refractivity contribution in [2.45, 2.75) is 51.8 Å². The second kappa shape index (κ2) is 7.62. The third-order valence-corrected chi connectivity index (χ3v) is 6.16. The van der Waals surface area contributed by atoms with Crippen molar-refractivity contribution in [3.05, 3.63) is 51.9 Å². The van der Waals surface area contributed by atoms with Crippen molar-refractivity contribution in [2.24, 2.45) is 5.73 Å². The Hall–Kier alpha value is -1.89. The summed E-state index contributed by atoms with van der Waals surface area (Å²) in [6.45, 7) is 9.12. The monoisotopic (exact) mass is 387 g/mol. The van der Waals surface area contributed by atoms with E-state index in [2.05, 4.69) is 36.1 Å². The number of benzene rings is 1. The Balaban J connectivity index is 1.93. The van der Waals surface area contributed by atoms with E-state index in [0.29, 0.717) is 17.1 Å². The molecule has 2 atom stereocenters. The highest BCUT2D eigenvalue weighted by atomic mass is 32.1. The van der Waals surface area contributed by atoms with Crippen LogP contribution in [0.15, 0.2) is 30.3 Å². The van der Waals surface area contributed by atoms with Gasteiger partial charge in [0.2, 0.25) is 0 Å². The number of nitrogens with two attached hydrogens (primary N) is 2. The van der Waals surface area contributed by atoms with Crippen LogP contribution in [-0.4, -0.2) is 29.6 Å². The smallest absolute Gasteiger partial charge is 0.341 e. The molecule has 0 aliphatic carbocycles. The van der Waals surface area contributed by atoms with Gasteiger partial charge in [-0.15, -0.1) is 11.3 Å². The number of hydrogen-bond acceptors (Lipinski definition) is 6. The maximum absolute atomic E-state index is 12.7. The zero-order valence-corrected chi connectivity index (χ0v) is 17.3. The number of carbonyl (C=O) groups excluding carboxylic acids is 1.